The van der Waals surface area contributed by atoms with Crippen molar-refractivity contribution in [3.8, 4) is 0 Å². The molecule has 2 heterocycles. The van der Waals surface area contributed by atoms with Gasteiger partial charge in [-0.1, -0.05) is 379 Å². The smallest absolute Gasteiger partial charge is 0.220 e. The van der Waals surface area contributed by atoms with E-state index >= 15 is 0 Å². The van der Waals surface area contributed by atoms with Gasteiger partial charge in [0.05, 0.1) is 32.0 Å². The van der Waals surface area contributed by atoms with Crippen molar-refractivity contribution >= 4 is 5.91 Å². The van der Waals surface area contributed by atoms with Gasteiger partial charge in [-0.25, -0.2) is 0 Å². The van der Waals surface area contributed by atoms with Gasteiger partial charge in [0.2, 0.25) is 5.91 Å². The minimum atomic E-state index is -1.78. The molecular formula is C82H159NO13. The van der Waals surface area contributed by atoms with Crippen LogP contribution in [0.25, 0.3) is 0 Å². The third-order valence-electron chi connectivity index (χ3n) is 21.0. The zero-order valence-corrected chi connectivity index (χ0v) is 62.7. The van der Waals surface area contributed by atoms with Gasteiger partial charge in [-0.2, -0.15) is 0 Å². The van der Waals surface area contributed by atoms with Crippen LogP contribution in [0.3, 0.4) is 0 Å². The number of carbonyl (C=O) groups is 1. The fraction of sp³-hybridized carbons (Fsp3) is 0.963. The zero-order valence-electron chi connectivity index (χ0n) is 62.7. The van der Waals surface area contributed by atoms with Crippen LogP contribution in [0.2, 0.25) is 0 Å². The van der Waals surface area contributed by atoms with E-state index < -0.39 is 86.8 Å². The molecule has 2 fully saturated rings. The van der Waals surface area contributed by atoms with Crippen molar-refractivity contribution in [3.63, 3.8) is 0 Å². The Morgan fingerprint density at radius 2 is 0.656 bits per heavy atom. The molecule has 96 heavy (non-hydrogen) atoms. The number of unbranched alkanes of at least 4 members (excludes halogenated alkanes) is 57. The Labute approximate surface area is 590 Å². The molecule has 0 bridgehead atoms. The second-order valence-corrected chi connectivity index (χ2v) is 30.0. The molecule has 0 aromatic carbocycles. The highest BCUT2D eigenvalue weighted by molar-refractivity contribution is 5.76. The van der Waals surface area contributed by atoms with Crippen molar-refractivity contribution in [1.29, 1.82) is 0 Å². The monoisotopic (exact) mass is 1370 g/mol. The Kier molecular flexibility index (Phi) is 63.3. The predicted molar refractivity (Wildman–Crippen MR) is 397 cm³/mol. The van der Waals surface area contributed by atoms with E-state index in [9.17, 15) is 45.6 Å². The van der Waals surface area contributed by atoms with E-state index in [1.807, 2.05) is 0 Å². The molecule has 570 valence electrons. The van der Waals surface area contributed by atoms with Crippen LogP contribution < -0.4 is 5.32 Å². The minimum absolute atomic E-state index is 0.195. The van der Waals surface area contributed by atoms with Gasteiger partial charge in [-0.3, -0.25) is 4.79 Å². The van der Waals surface area contributed by atoms with Crippen LogP contribution in [-0.4, -0.2) is 140 Å². The van der Waals surface area contributed by atoms with Crippen LogP contribution in [0.5, 0.6) is 0 Å². The molecule has 0 spiro atoms. The maximum Gasteiger partial charge on any atom is 0.220 e. The van der Waals surface area contributed by atoms with E-state index in [1.54, 1.807) is 0 Å². The summed E-state index contributed by atoms with van der Waals surface area (Å²) < 4.78 is 23.0. The first-order valence-corrected chi connectivity index (χ1v) is 41.9. The molecule has 0 radical (unpaired) electrons. The summed E-state index contributed by atoms with van der Waals surface area (Å²) >= 11 is 0. The molecule has 14 heteroatoms. The van der Waals surface area contributed by atoms with Crippen LogP contribution in [0.1, 0.15) is 412 Å². The summed E-state index contributed by atoms with van der Waals surface area (Å²) in [7, 11) is 0. The van der Waals surface area contributed by atoms with Crippen molar-refractivity contribution in [3.05, 3.63) is 12.2 Å². The van der Waals surface area contributed by atoms with Gasteiger partial charge < -0.3 is 65.1 Å². The molecule has 2 rings (SSSR count). The van der Waals surface area contributed by atoms with Gasteiger partial charge in [-0.15, -0.1) is 0 Å². The molecule has 2 aliphatic heterocycles. The largest absolute Gasteiger partial charge is 0.394 e. The second-order valence-electron chi connectivity index (χ2n) is 30.0. The number of amides is 1. The Morgan fingerprint density at radius 3 is 0.990 bits per heavy atom. The SMILES string of the molecule is CCCCCCCCCC/C=C\CCCCCCCCCCCCCCCCCCCCCCCCCCCC(=O)NC(COC1OC(CO)C(OC2OC(CO)C(O)C(O)C2O)C(O)C1O)C(O)CCCCCCCCCCCCCCCCCCCCCCCCCCC. The number of aliphatic hydroxyl groups is 8. The maximum absolute atomic E-state index is 13.4. The number of hydrogen-bond donors (Lipinski definition) is 9. The van der Waals surface area contributed by atoms with Crippen molar-refractivity contribution < 1.29 is 64.6 Å². The van der Waals surface area contributed by atoms with E-state index in [2.05, 4.69) is 31.3 Å². The first-order valence-electron chi connectivity index (χ1n) is 41.9. The molecule has 1 amide bonds. The number of nitrogens with one attached hydrogen (secondary N) is 1. The normalized spacial score (nSPS) is 22.2. The molecule has 0 aromatic rings. The highest BCUT2D eigenvalue weighted by Gasteiger charge is 2.51. The molecule has 2 aliphatic rings. The standard InChI is InChI=1S/C82H159NO13/c1-3-5-7-9-11-13-15-17-19-21-23-25-27-29-30-31-32-33-34-35-36-37-38-39-40-42-44-46-48-50-52-54-56-58-60-62-64-66-74(87)83-70(69-93-81-79(92)77(90)80(73(68-85)95-81)96-82-78(91)76(89)75(88)72(67-84)94-82)71(86)65-63-61-59-57-55-53-51-49-47-45-43-41-28-26-24-22-20-18-16-14-12-10-8-6-4-2/h21,23,70-73,75-82,84-86,88-92H,3-20,22,24-69H2,1-2H3,(H,83,87)/b23-21-. The van der Waals surface area contributed by atoms with E-state index in [0.29, 0.717) is 12.8 Å². The molecule has 12 unspecified atom stereocenters. The summed E-state index contributed by atoms with van der Waals surface area (Å²) in [4.78, 5) is 13.4. The summed E-state index contributed by atoms with van der Waals surface area (Å²) in [5.41, 5.74) is 0. The van der Waals surface area contributed by atoms with Gasteiger partial charge in [0.25, 0.3) is 0 Å². The number of allylic oxidation sites excluding steroid dienone is 2. The van der Waals surface area contributed by atoms with Crippen molar-refractivity contribution in [2.24, 2.45) is 0 Å². The Hall–Kier alpha value is -1.27. The highest BCUT2D eigenvalue weighted by Crippen LogP contribution is 2.31. The lowest BCUT2D eigenvalue weighted by Crippen LogP contribution is -2.65. The van der Waals surface area contributed by atoms with E-state index in [4.69, 9.17) is 18.9 Å². The number of rotatable bonds is 72. The van der Waals surface area contributed by atoms with Crippen molar-refractivity contribution in [2.75, 3.05) is 19.8 Å². The van der Waals surface area contributed by atoms with Gasteiger partial charge in [0, 0.05) is 6.42 Å². The lowest BCUT2D eigenvalue weighted by Gasteiger charge is -2.46. The molecule has 12 atom stereocenters. The minimum Gasteiger partial charge on any atom is -0.394 e. The summed E-state index contributed by atoms with van der Waals surface area (Å²) in [5, 5.41) is 87.9. The maximum atomic E-state index is 13.4. The van der Waals surface area contributed by atoms with Crippen molar-refractivity contribution in [2.45, 2.75) is 485 Å². The molecule has 14 nitrogen and oxygen atoms in total. The van der Waals surface area contributed by atoms with Gasteiger partial charge in [0.1, 0.15) is 48.8 Å². The van der Waals surface area contributed by atoms with Crippen molar-refractivity contribution in [1.82, 2.24) is 5.32 Å². The average Bonchev–Trinajstić information content (AvgIpc) is 0.857. The lowest BCUT2D eigenvalue weighted by atomic mass is 9.97. The predicted octanol–water partition coefficient (Wildman–Crippen LogP) is 19.3. The van der Waals surface area contributed by atoms with Crippen LogP contribution in [0.4, 0.5) is 0 Å². The number of hydrogen-bond acceptors (Lipinski definition) is 13. The van der Waals surface area contributed by atoms with Crippen LogP contribution >= 0.6 is 0 Å². The molecule has 2 saturated heterocycles. The Balaban J connectivity index is 1.56. The average molecular weight is 1370 g/mol. The van der Waals surface area contributed by atoms with Gasteiger partial charge in [0.15, 0.2) is 12.6 Å². The quantitative estimate of drug-likeness (QED) is 0.0204. The van der Waals surface area contributed by atoms with E-state index in [1.165, 1.54) is 334 Å². The van der Waals surface area contributed by atoms with Crippen LogP contribution in [0.15, 0.2) is 12.2 Å². The summed E-state index contributed by atoms with van der Waals surface area (Å²) in [5.74, 6) is -0.195. The summed E-state index contributed by atoms with van der Waals surface area (Å²) in [6, 6.07) is -0.827. The Bertz CT molecular complexity index is 1660. The zero-order chi connectivity index (χ0) is 69.4. The molecule has 9 N–H and O–H groups in total. The van der Waals surface area contributed by atoms with Gasteiger partial charge >= 0.3 is 0 Å². The summed E-state index contributed by atoms with van der Waals surface area (Å²) in [6.45, 7) is 2.94. The molecule has 0 aromatic heterocycles. The third-order valence-corrected chi connectivity index (χ3v) is 21.0. The molecule has 0 aliphatic carbocycles. The summed E-state index contributed by atoms with van der Waals surface area (Å²) in [6.07, 6.45) is 68.4. The lowest BCUT2D eigenvalue weighted by molar-refractivity contribution is -0.359. The van der Waals surface area contributed by atoms with E-state index in [0.717, 1.165) is 51.4 Å². The fourth-order valence-corrected chi connectivity index (χ4v) is 14.4. The number of aliphatic hydroxyl groups excluding tert-OH is 8. The first-order chi connectivity index (χ1) is 47.1. The number of carbonyl (C=O) groups excluding carboxylic acids is 1. The first kappa shape index (κ1) is 90.8. The van der Waals surface area contributed by atoms with E-state index in [-0.39, 0.29) is 12.5 Å². The topological polar surface area (TPSA) is 228 Å². The van der Waals surface area contributed by atoms with Crippen LogP contribution in [0, 0.1) is 0 Å². The molecule has 0 saturated carbocycles. The third kappa shape index (κ3) is 49.4. The molecular weight excluding hydrogens is 1210 g/mol. The number of ether oxygens (including phenoxy) is 4. The van der Waals surface area contributed by atoms with Gasteiger partial charge in [-0.05, 0) is 38.5 Å². The van der Waals surface area contributed by atoms with Crippen LogP contribution in [-0.2, 0) is 23.7 Å². The highest BCUT2D eigenvalue weighted by atomic mass is 16.7. The fourth-order valence-electron chi connectivity index (χ4n) is 14.4. The Morgan fingerprint density at radius 1 is 0.365 bits per heavy atom. The second kappa shape index (κ2) is 66.9.